The SMILES string of the molecule is CN(C)CCC[C](C)([Al])CCCN(C)C. The average Bonchev–Trinajstić information content (AvgIpc) is 2.01. The molecule has 2 nitrogen and oxygen atoms in total. The molecule has 3 heteroatoms. The van der Waals surface area contributed by atoms with Crippen LogP contribution in [0.25, 0.3) is 0 Å². The Hall–Kier alpha value is 0.452. The molecule has 0 aromatic rings. The molecule has 0 aliphatic heterocycles. The van der Waals surface area contributed by atoms with Crippen molar-refractivity contribution in [2.45, 2.75) is 36.9 Å². The minimum absolute atomic E-state index is 0.437. The zero-order valence-electron chi connectivity index (χ0n) is 11.2. The summed E-state index contributed by atoms with van der Waals surface area (Å²) in [5, 5.41) is 0. The van der Waals surface area contributed by atoms with E-state index >= 15 is 0 Å². The largest absolute Gasteiger partial charge is 0.309 e. The van der Waals surface area contributed by atoms with Gasteiger partial charge >= 0.3 is 0 Å². The van der Waals surface area contributed by atoms with Crippen molar-refractivity contribution >= 4 is 16.3 Å². The third-order valence-corrected chi connectivity index (χ3v) is 3.28. The first kappa shape index (κ1) is 15.5. The van der Waals surface area contributed by atoms with Gasteiger partial charge in [-0.1, -0.05) is 24.0 Å². The van der Waals surface area contributed by atoms with E-state index in [0.717, 1.165) is 0 Å². The van der Waals surface area contributed by atoms with Gasteiger partial charge in [-0.25, -0.2) is 0 Å². The topological polar surface area (TPSA) is 6.48 Å². The van der Waals surface area contributed by atoms with Gasteiger partial charge in [-0.3, -0.25) is 0 Å². The number of hydrogen-bond donors (Lipinski definition) is 0. The lowest BCUT2D eigenvalue weighted by Gasteiger charge is -2.27. The normalized spacial score (nSPS) is 12.7. The fourth-order valence-electron chi connectivity index (χ4n) is 1.72. The van der Waals surface area contributed by atoms with Gasteiger partial charge in [0.25, 0.3) is 0 Å². The highest BCUT2D eigenvalue weighted by Gasteiger charge is 2.15. The van der Waals surface area contributed by atoms with Crippen LogP contribution in [0.15, 0.2) is 0 Å². The van der Waals surface area contributed by atoms with Crippen molar-refractivity contribution in [2.75, 3.05) is 41.3 Å². The van der Waals surface area contributed by atoms with Crippen molar-refractivity contribution in [1.29, 1.82) is 0 Å². The summed E-state index contributed by atoms with van der Waals surface area (Å²) in [6.45, 7) is 4.78. The standard InChI is InChI=1S/C12H27N2.Al/c1-12(8-6-10-13(2)3)9-7-11-14(4)5;/h6-11H2,1-5H3;. The highest BCUT2D eigenvalue weighted by Crippen LogP contribution is 2.32. The second-order valence-corrected chi connectivity index (χ2v) is 6.86. The van der Waals surface area contributed by atoms with Crippen LogP contribution in [0.1, 0.15) is 32.6 Å². The van der Waals surface area contributed by atoms with Gasteiger partial charge in [-0.15, -0.1) is 0 Å². The molecule has 0 fully saturated rings. The highest BCUT2D eigenvalue weighted by molar-refractivity contribution is 6.14. The second-order valence-electron chi connectivity index (χ2n) is 5.47. The molecule has 0 atom stereocenters. The van der Waals surface area contributed by atoms with Gasteiger partial charge in [-0.2, -0.15) is 0 Å². The van der Waals surface area contributed by atoms with E-state index < -0.39 is 0 Å². The molecule has 2 radical (unpaired) electrons. The van der Waals surface area contributed by atoms with Gasteiger partial charge in [0.15, 0.2) is 0 Å². The fraction of sp³-hybridized carbons (Fsp3) is 1.00. The van der Waals surface area contributed by atoms with Gasteiger partial charge < -0.3 is 9.80 Å². The molecular formula is C12H27AlN2. The minimum Gasteiger partial charge on any atom is -0.309 e. The van der Waals surface area contributed by atoms with Gasteiger partial charge in [0.1, 0.15) is 16.3 Å². The van der Waals surface area contributed by atoms with Crippen LogP contribution in [0.3, 0.4) is 0 Å². The molecule has 0 saturated heterocycles. The van der Waals surface area contributed by atoms with E-state index in [-0.39, 0.29) is 0 Å². The van der Waals surface area contributed by atoms with E-state index in [2.05, 4.69) is 61.2 Å². The Morgan fingerprint density at radius 2 is 1.20 bits per heavy atom. The zero-order chi connectivity index (χ0) is 11.9. The summed E-state index contributed by atoms with van der Waals surface area (Å²) in [6.07, 6.45) is 5.22. The molecule has 88 valence electrons. The molecule has 0 saturated carbocycles. The summed E-state index contributed by atoms with van der Waals surface area (Å²) >= 11 is 3.04. The van der Waals surface area contributed by atoms with Gasteiger partial charge in [0, 0.05) is 0 Å². The summed E-state index contributed by atoms with van der Waals surface area (Å²) in [6, 6.07) is 0. The first-order valence-corrected chi connectivity index (χ1v) is 6.49. The molecule has 0 heterocycles. The Morgan fingerprint density at radius 1 is 0.867 bits per heavy atom. The van der Waals surface area contributed by atoms with Crippen LogP contribution in [0, 0.1) is 0 Å². The van der Waals surface area contributed by atoms with E-state index in [1.165, 1.54) is 38.8 Å². The monoisotopic (exact) mass is 226 g/mol. The number of hydrogen-bond acceptors (Lipinski definition) is 2. The van der Waals surface area contributed by atoms with Crippen molar-refractivity contribution in [2.24, 2.45) is 0 Å². The van der Waals surface area contributed by atoms with E-state index in [0.29, 0.717) is 4.28 Å². The highest BCUT2D eigenvalue weighted by atomic mass is 27.0. The predicted molar refractivity (Wildman–Crippen MR) is 69.7 cm³/mol. The summed E-state index contributed by atoms with van der Waals surface area (Å²) in [5.41, 5.74) is 0. The molecule has 0 aromatic heterocycles. The van der Waals surface area contributed by atoms with Crippen LogP contribution < -0.4 is 0 Å². The van der Waals surface area contributed by atoms with Gasteiger partial charge in [0.05, 0.1) is 0 Å². The second kappa shape index (κ2) is 7.68. The lowest BCUT2D eigenvalue weighted by Crippen LogP contribution is -2.18. The van der Waals surface area contributed by atoms with Crippen LogP contribution >= 0.6 is 0 Å². The molecule has 0 aromatic carbocycles. The number of nitrogens with zero attached hydrogens (tertiary/aromatic N) is 2. The summed E-state index contributed by atoms with van der Waals surface area (Å²) < 4.78 is 0.437. The van der Waals surface area contributed by atoms with E-state index in [4.69, 9.17) is 0 Å². The zero-order valence-corrected chi connectivity index (χ0v) is 12.4. The molecule has 0 spiro atoms. The first-order chi connectivity index (χ1) is 6.83. The van der Waals surface area contributed by atoms with Crippen molar-refractivity contribution in [3.05, 3.63) is 0 Å². The van der Waals surface area contributed by atoms with E-state index in [9.17, 15) is 0 Å². The van der Waals surface area contributed by atoms with Crippen LogP contribution in [0.4, 0.5) is 0 Å². The Labute approximate surface area is 104 Å². The Kier molecular flexibility index (Phi) is 7.91. The van der Waals surface area contributed by atoms with Gasteiger partial charge in [-0.05, 0) is 54.1 Å². The fourth-order valence-corrected chi connectivity index (χ4v) is 2.13. The van der Waals surface area contributed by atoms with Gasteiger partial charge in [0.2, 0.25) is 0 Å². The third kappa shape index (κ3) is 10.7. The number of rotatable bonds is 8. The quantitative estimate of drug-likeness (QED) is 0.584. The lowest BCUT2D eigenvalue weighted by atomic mass is 9.98. The summed E-state index contributed by atoms with van der Waals surface area (Å²) in [7, 11) is 8.58. The average molecular weight is 226 g/mol. The molecule has 0 aliphatic rings. The first-order valence-electron chi connectivity index (χ1n) is 5.92. The molecule has 0 unspecified atom stereocenters. The van der Waals surface area contributed by atoms with Crippen LogP contribution in [-0.2, 0) is 0 Å². The molecule has 0 bridgehead atoms. The smallest absolute Gasteiger partial charge is 0.129 e. The van der Waals surface area contributed by atoms with Crippen LogP contribution in [0.2, 0.25) is 4.28 Å². The summed E-state index contributed by atoms with van der Waals surface area (Å²) in [4.78, 5) is 4.53. The van der Waals surface area contributed by atoms with E-state index in [1.54, 1.807) is 0 Å². The molecular weight excluding hydrogens is 199 g/mol. The lowest BCUT2D eigenvalue weighted by molar-refractivity contribution is 0.350. The van der Waals surface area contributed by atoms with Crippen LogP contribution in [0.5, 0.6) is 0 Å². The molecule has 0 amide bonds. The summed E-state index contributed by atoms with van der Waals surface area (Å²) in [5.74, 6) is 0. The van der Waals surface area contributed by atoms with Crippen molar-refractivity contribution in [3.63, 3.8) is 0 Å². The molecule has 0 rings (SSSR count). The maximum atomic E-state index is 3.04. The maximum absolute atomic E-state index is 3.04. The van der Waals surface area contributed by atoms with Crippen molar-refractivity contribution in [3.8, 4) is 0 Å². The maximum Gasteiger partial charge on any atom is 0.129 e. The predicted octanol–water partition coefficient (Wildman–Crippen LogP) is 2.02. The molecule has 0 aliphatic carbocycles. The van der Waals surface area contributed by atoms with Crippen molar-refractivity contribution < 1.29 is 0 Å². The van der Waals surface area contributed by atoms with Crippen molar-refractivity contribution in [1.82, 2.24) is 9.80 Å². The Morgan fingerprint density at radius 3 is 1.47 bits per heavy atom. The minimum atomic E-state index is 0.437. The van der Waals surface area contributed by atoms with Crippen LogP contribution in [-0.4, -0.2) is 67.4 Å². The molecule has 15 heavy (non-hydrogen) atoms. The molecule has 0 N–H and O–H groups in total. The Bertz CT molecular complexity index is 140. The van der Waals surface area contributed by atoms with E-state index in [1.807, 2.05) is 0 Å². The Balaban J connectivity index is 3.57. The third-order valence-electron chi connectivity index (χ3n) is 2.71.